The van der Waals surface area contributed by atoms with Crippen LogP contribution in [0.3, 0.4) is 0 Å². The Bertz CT molecular complexity index is 664. The lowest BCUT2D eigenvalue weighted by molar-refractivity contribution is 0.415. The summed E-state index contributed by atoms with van der Waals surface area (Å²) in [6, 6.07) is 11.1. The average molecular weight is 372 g/mol. The molecule has 0 radical (unpaired) electrons. The van der Waals surface area contributed by atoms with Crippen molar-refractivity contribution in [3.63, 3.8) is 0 Å². The van der Waals surface area contributed by atoms with Crippen LogP contribution < -0.4 is 15.8 Å². The molecule has 0 aromatic heterocycles. The molecule has 0 heterocycles. The van der Waals surface area contributed by atoms with E-state index in [1.54, 1.807) is 19.2 Å². The van der Waals surface area contributed by atoms with Crippen LogP contribution in [0.5, 0.6) is 5.75 Å². The molecule has 0 fully saturated rings. The summed E-state index contributed by atoms with van der Waals surface area (Å²) in [5.74, 6) is 0.765. The van der Waals surface area contributed by atoms with Gasteiger partial charge in [-0.15, -0.1) is 0 Å². The Balaban J connectivity index is 2.30. The lowest BCUT2D eigenvalue weighted by Crippen LogP contribution is -2.09. The normalized spacial score (nSPS) is 10.2. The molecule has 2 aromatic rings. The number of hydrogen-bond donors (Lipinski definition) is 2. The van der Waals surface area contributed by atoms with Gasteiger partial charge in [-0.25, -0.2) is 0 Å². The molecule has 0 saturated carbocycles. The Morgan fingerprint density at radius 1 is 1.30 bits per heavy atom. The average Bonchev–Trinajstić information content (AvgIpc) is 2.41. The number of ether oxygens (including phenoxy) is 1. The van der Waals surface area contributed by atoms with Gasteiger partial charge in [-0.05, 0) is 46.3 Å². The molecule has 3 nitrogen and oxygen atoms in total. The van der Waals surface area contributed by atoms with Gasteiger partial charge in [0.25, 0.3) is 0 Å². The molecule has 0 unspecified atom stereocenters. The van der Waals surface area contributed by atoms with E-state index >= 15 is 0 Å². The van der Waals surface area contributed by atoms with Crippen molar-refractivity contribution >= 4 is 56.1 Å². The Morgan fingerprint density at radius 3 is 2.65 bits per heavy atom. The molecule has 6 heteroatoms. The zero-order valence-electron chi connectivity index (χ0n) is 10.6. The third-order valence-corrected chi connectivity index (χ3v) is 3.91. The van der Waals surface area contributed by atoms with Crippen molar-refractivity contribution in [3.05, 3.63) is 51.5 Å². The van der Waals surface area contributed by atoms with E-state index in [2.05, 4.69) is 21.2 Å². The van der Waals surface area contributed by atoms with Crippen LogP contribution in [0.25, 0.3) is 0 Å². The minimum absolute atomic E-state index is 0.282. The van der Waals surface area contributed by atoms with E-state index in [1.807, 2.05) is 24.3 Å². The summed E-state index contributed by atoms with van der Waals surface area (Å²) in [6.45, 7) is 0. The van der Waals surface area contributed by atoms with E-state index in [9.17, 15) is 0 Å². The van der Waals surface area contributed by atoms with Gasteiger partial charge < -0.3 is 15.8 Å². The fourth-order valence-electron chi connectivity index (χ4n) is 1.68. The summed E-state index contributed by atoms with van der Waals surface area (Å²) < 4.78 is 6.13. The van der Waals surface area contributed by atoms with Gasteiger partial charge in [-0.2, -0.15) is 0 Å². The lowest BCUT2D eigenvalue weighted by atomic mass is 10.2. The second-order valence-electron chi connectivity index (χ2n) is 4.03. The van der Waals surface area contributed by atoms with E-state index in [0.717, 1.165) is 21.6 Å². The van der Waals surface area contributed by atoms with Gasteiger partial charge in [0.05, 0.1) is 17.8 Å². The summed E-state index contributed by atoms with van der Waals surface area (Å²) in [5.41, 5.74) is 7.96. The predicted octanol–water partition coefficient (Wildman–Crippen LogP) is 4.49. The first-order valence-corrected chi connectivity index (χ1v) is 7.29. The molecule has 0 spiro atoms. The number of rotatable bonds is 4. The van der Waals surface area contributed by atoms with E-state index < -0.39 is 0 Å². The summed E-state index contributed by atoms with van der Waals surface area (Å²) in [5, 5.41) is 3.77. The van der Waals surface area contributed by atoms with Crippen LogP contribution in [0.4, 0.5) is 11.4 Å². The fourth-order valence-corrected chi connectivity index (χ4v) is 2.54. The second-order valence-corrected chi connectivity index (χ2v) is 5.73. The molecule has 20 heavy (non-hydrogen) atoms. The molecule has 0 saturated heterocycles. The highest BCUT2D eigenvalue weighted by atomic mass is 79.9. The van der Waals surface area contributed by atoms with Gasteiger partial charge in [0.2, 0.25) is 0 Å². The predicted molar refractivity (Wildman–Crippen MR) is 91.3 cm³/mol. The number of nitrogens with one attached hydrogen (secondary N) is 1. The highest BCUT2D eigenvalue weighted by molar-refractivity contribution is 9.10. The third-order valence-electron chi connectivity index (χ3n) is 2.69. The first-order valence-electron chi connectivity index (χ1n) is 5.71. The summed E-state index contributed by atoms with van der Waals surface area (Å²) in [4.78, 5) is 0.282. The van der Waals surface area contributed by atoms with Crippen LogP contribution >= 0.6 is 39.7 Å². The molecule has 0 aliphatic heterocycles. The number of hydrogen-bond acceptors (Lipinski definition) is 3. The largest absolute Gasteiger partial charge is 0.497 e. The van der Waals surface area contributed by atoms with Gasteiger partial charge in [-0.1, -0.05) is 23.8 Å². The van der Waals surface area contributed by atoms with Crippen molar-refractivity contribution in [3.8, 4) is 5.75 Å². The van der Waals surface area contributed by atoms with Crippen LogP contribution in [0, 0.1) is 0 Å². The number of anilines is 2. The number of thiocarbonyl (C=S) groups is 1. The highest BCUT2D eigenvalue weighted by Crippen LogP contribution is 2.31. The lowest BCUT2D eigenvalue weighted by Gasteiger charge is -2.12. The Morgan fingerprint density at radius 2 is 2.05 bits per heavy atom. The smallest absolute Gasteiger partial charge is 0.121 e. The van der Waals surface area contributed by atoms with Crippen LogP contribution in [0.2, 0.25) is 5.02 Å². The zero-order valence-corrected chi connectivity index (χ0v) is 13.8. The minimum Gasteiger partial charge on any atom is -0.497 e. The number of halogens is 2. The van der Waals surface area contributed by atoms with Crippen molar-refractivity contribution in [1.29, 1.82) is 0 Å². The first-order chi connectivity index (χ1) is 9.51. The molecule has 2 aromatic carbocycles. The van der Waals surface area contributed by atoms with Crippen molar-refractivity contribution < 1.29 is 4.74 Å². The molecule has 0 amide bonds. The number of nitrogens with two attached hydrogens (primary N) is 1. The van der Waals surface area contributed by atoms with Crippen molar-refractivity contribution in [2.75, 3.05) is 12.4 Å². The maximum absolute atomic E-state index is 6.15. The van der Waals surface area contributed by atoms with Crippen LogP contribution in [0.15, 0.2) is 40.9 Å². The highest BCUT2D eigenvalue weighted by Gasteiger charge is 2.07. The monoisotopic (exact) mass is 370 g/mol. The standard InChI is InChI=1S/C14H12BrClN2OS/c1-19-9-3-5-11(15)13(7-9)18-8-2-4-10(14(17)20)12(16)6-8/h2-7,18H,1H3,(H2,17,20). The minimum atomic E-state index is 0.282. The van der Waals surface area contributed by atoms with E-state index in [4.69, 9.17) is 34.3 Å². The van der Waals surface area contributed by atoms with Gasteiger partial charge in [0.15, 0.2) is 0 Å². The van der Waals surface area contributed by atoms with Crippen LogP contribution in [0.1, 0.15) is 5.56 Å². The van der Waals surface area contributed by atoms with Crippen LogP contribution in [-0.4, -0.2) is 12.1 Å². The zero-order chi connectivity index (χ0) is 14.7. The van der Waals surface area contributed by atoms with Crippen molar-refractivity contribution in [2.24, 2.45) is 5.73 Å². The SMILES string of the molecule is COc1ccc(Br)c(Nc2ccc(C(N)=S)c(Cl)c2)c1. The molecule has 0 atom stereocenters. The molecule has 2 rings (SSSR count). The quantitative estimate of drug-likeness (QED) is 0.777. The van der Waals surface area contributed by atoms with Gasteiger partial charge in [-0.3, -0.25) is 0 Å². The first kappa shape index (κ1) is 15.1. The molecular weight excluding hydrogens is 360 g/mol. The Hall–Kier alpha value is -1.30. The van der Waals surface area contributed by atoms with Gasteiger partial charge in [0, 0.05) is 21.8 Å². The molecule has 0 aliphatic rings. The summed E-state index contributed by atoms with van der Waals surface area (Å²) >= 11 is 14.6. The molecule has 104 valence electrons. The Kier molecular flexibility index (Phi) is 4.86. The molecule has 0 aliphatic carbocycles. The molecular formula is C14H12BrClN2OS. The van der Waals surface area contributed by atoms with E-state index in [1.165, 1.54) is 0 Å². The van der Waals surface area contributed by atoms with Gasteiger partial charge in [0.1, 0.15) is 10.7 Å². The summed E-state index contributed by atoms with van der Waals surface area (Å²) in [7, 11) is 1.63. The van der Waals surface area contributed by atoms with Gasteiger partial charge >= 0.3 is 0 Å². The van der Waals surface area contributed by atoms with E-state index in [-0.39, 0.29) is 4.99 Å². The number of methoxy groups -OCH3 is 1. The maximum Gasteiger partial charge on any atom is 0.121 e. The second kappa shape index (κ2) is 6.43. The molecule has 0 bridgehead atoms. The topological polar surface area (TPSA) is 47.3 Å². The Labute approximate surface area is 136 Å². The van der Waals surface area contributed by atoms with E-state index in [0.29, 0.717) is 10.6 Å². The van der Waals surface area contributed by atoms with Crippen molar-refractivity contribution in [1.82, 2.24) is 0 Å². The van der Waals surface area contributed by atoms with Crippen LogP contribution in [-0.2, 0) is 0 Å². The third kappa shape index (κ3) is 3.42. The fraction of sp³-hybridized carbons (Fsp3) is 0.0714. The number of benzene rings is 2. The molecule has 3 N–H and O–H groups in total. The van der Waals surface area contributed by atoms with Crippen molar-refractivity contribution in [2.45, 2.75) is 0 Å². The maximum atomic E-state index is 6.15. The summed E-state index contributed by atoms with van der Waals surface area (Å²) in [6.07, 6.45) is 0.